The molecule has 7 nitrogen and oxygen atoms in total. The van der Waals surface area contributed by atoms with Gasteiger partial charge in [0.1, 0.15) is 0 Å². The first-order valence-electron chi connectivity index (χ1n) is 6.73. The summed E-state index contributed by atoms with van der Waals surface area (Å²) in [6.45, 7) is 0.0666. The molecule has 0 aliphatic carbocycles. The van der Waals surface area contributed by atoms with E-state index in [-0.39, 0.29) is 19.4 Å². The van der Waals surface area contributed by atoms with Crippen molar-refractivity contribution in [2.24, 2.45) is 0 Å². The molecule has 0 bridgehead atoms. The zero-order valence-corrected chi connectivity index (χ0v) is 15.2. The van der Waals surface area contributed by atoms with Crippen LogP contribution in [0.1, 0.15) is 24.4 Å². The molecule has 0 heterocycles. The van der Waals surface area contributed by atoms with Gasteiger partial charge < -0.3 is 4.74 Å². The molecule has 0 aliphatic heterocycles. The van der Waals surface area contributed by atoms with Gasteiger partial charge in [-0.1, -0.05) is 28.1 Å². The van der Waals surface area contributed by atoms with Crippen LogP contribution in [-0.4, -0.2) is 39.4 Å². The molecule has 1 rings (SSSR count). The van der Waals surface area contributed by atoms with Crippen molar-refractivity contribution in [3.8, 4) is 6.07 Å². The summed E-state index contributed by atoms with van der Waals surface area (Å²) in [6, 6.07) is 8.08. The summed E-state index contributed by atoms with van der Waals surface area (Å²) in [4.78, 5) is 11.6. The highest BCUT2D eigenvalue weighted by atomic mass is 79.9. The van der Waals surface area contributed by atoms with Crippen molar-refractivity contribution in [2.75, 3.05) is 20.7 Å². The lowest BCUT2D eigenvalue weighted by Gasteiger charge is -2.22. The maximum absolute atomic E-state index is 12.3. The summed E-state index contributed by atoms with van der Waals surface area (Å²) in [6.07, 6.45) is -0.0547. The molecule has 0 aromatic heterocycles. The van der Waals surface area contributed by atoms with Crippen LogP contribution in [-0.2, 0) is 19.7 Å². The van der Waals surface area contributed by atoms with Crippen LogP contribution < -0.4 is 4.72 Å². The van der Waals surface area contributed by atoms with E-state index >= 15 is 0 Å². The van der Waals surface area contributed by atoms with Gasteiger partial charge in [0.15, 0.2) is 0 Å². The Kier molecular flexibility index (Phi) is 7.64. The molecule has 1 aromatic carbocycles. The minimum Gasteiger partial charge on any atom is -0.469 e. The van der Waals surface area contributed by atoms with Crippen LogP contribution >= 0.6 is 15.9 Å². The maximum Gasteiger partial charge on any atom is 0.307 e. The third-order valence-corrected chi connectivity index (χ3v) is 5.23. The number of rotatable bonds is 8. The highest BCUT2D eigenvalue weighted by Gasteiger charge is 2.25. The third-order valence-electron chi connectivity index (χ3n) is 3.11. The zero-order valence-electron chi connectivity index (χ0n) is 12.8. The number of methoxy groups -OCH3 is 1. The second kappa shape index (κ2) is 8.98. The Morgan fingerprint density at radius 2 is 2.04 bits per heavy atom. The number of carbonyl (C=O) groups excluding carboxylic acids is 1. The van der Waals surface area contributed by atoms with Crippen LogP contribution in [0, 0.1) is 11.3 Å². The fourth-order valence-electron chi connectivity index (χ4n) is 1.77. The lowest BCUT2D eigenvalue weighted by Crippen LogP contribution is -2.41. The van der Waals surface area contributed by atoms with Crippen molar-refractivity contribution in [2.45, 2.75) is 18.9 Å². The van der Waals surface area contributed by atoms with Gasteiger partial charge in [0.05, 0.1) is 25.6 Å². The SMILES string of the molecule is COC(=O)CC(NS(=O)(=O)N(C)CCC#N)c1ccc(Br)cc1. The van der Waals surface area contributed by atoms with Crippen LogP contribution in [0.3, 0.4) is 0 Å². The zero-order chi connectivity index (χ0) is 17.5. The fraction of sp³-hybridized carbons (Fsp3) is 0.429. The van der Waals surface area contributed by atoms with Crippen molar-refractivity contribution >= 4 is 32.1 Å². The molecule has 0 amide bonds. The van der Waals surface area contributed by atoms with Gasteiger partial charge in [-0.05, 0) is 17.7 Å². The largest absolute Gasteiger partial charge is 0.469 e. The number of ether oxygens (including phenoxy) is 1. The summed E-state index contributed by atoms with van der Waals surface area (Å²) in [7, 11) is -1.22. The van der Waals surface area contributed by atoms with Crippen LogP contribution in [0.5, 0.6) is 0 Å². The minimum absolute atomic E-state index is 0.0666. The molecule has 126 valence electrons. The van der Waals surface area contributed by atoms with Gasteiger partial charge in [-0.2, -0.15) is 22.7 Å². The molecular formula is C14H18BrN3O4S. The summed E-state index contributed by atoms with van der Waals surface area (Å²) in [5.74, 6) is -0.528. The molecule has 0 saturated carbocycles. The van der Waals surface area contributed by atoms with E-state index in [0.717, 1.165) is 8.78 Å². The number of nitrogens with zero attached hydrogens (tertiary/aromatic N) is 2. The monoisotopic (exact) mass is 403 g/mol. The molecule has 1 atom stereocenters. The molecule has 0 radical (unpaired) electrons. The predicted octanol–water partition coefficient (Wildman–Crippen LogP) is 1.73. The molecule has 0 spiro atoms. The van der Waals surface area contributed by atoms with Gasteiger partial charge in [-0.15, -0.1) is 0 Å². The number of nitrogens with one attached hydrogen (secondary N) is 1. The summed E-state index contributed by atoms with van der Waals surface area (Å²) in [5.41, 5.74) is 0.635. The number of esters is 1. The Labute approximate surface area is 144 Å². The van der Waals surface area contributed by atoms with E-state index in [4.69, 9.17) is 5.26 Å². The third kappa shape index (κ3) is 6.27. The van der Waals surface area contributed by atoms with E-state index in [1.165, 1.54) is 14.2 Å². The summed E-state index contributed by atoms with van der Waals surface area (Å²) in [5, 5.41) is 8.56. The number of hydrogen-bond acceptors (Lipinski definition) is 5. The van der Waals surface area contributed by atoms with Crippen molar-refractivity contribution in [1.82, 2.24) is 9.03 Å². The maximum atomic E-state index is 12.3. The molecule has 23 heavy (non-hydrogen) atoms. The molecule has 9 heteroatoms. The van der Waals surface area contributed by atoms with Gasteiger partial charge in [0, 0.05) is 24.5 Å². The van der Waals surface area contributed by atoms with Crippen molar-refractivity contribution < 1.29 is 17.9 Å². The van der Waals surface area contributed by atoms with Crippen molar-refractivity contribution in [1.29, 1.82) is 5.26 Å². The smallest absolute Gasteiger partial charge is 0.307 e. The Morgan fingerprint density at radius 3 is 2.57 bits per heavy atom. The second-order valence-corrected chi connectivity index (χ2v) is 7.46. The van der Waals surface area contributed by atoms with Crippen molar-refractivity contribution in [3.63, 3.8) is 0 Å². The molecule has 1 unspecified atom stereocenters. The number of halogens is 1. The van der Waals surface area contributed by atoms with Crippen LogP contribution in [0.2, 0.25) is 0 Å². The van der Waals surface area contributed by atoms with Gasteiger partial charge in [-0.25, -0.2) is 0 Å². The fourth-order valence-corrected chi connectivity index (χ4v) is 3.12. The highest BCUT2D eigenvalue weighted by Crippen LogP contribution is 2.21. The van der Waals surface area contributed by atoms with Crippen LogP contribution in [0.4, 0.5) is 0 Å². The Balaban J connectivity index is 2.98. The lowest BCUT2D eigenvalue weighted by atomic mass is 10.1. The van der Waals surface area contributed by atoms with Crippen molar-refractivity contribution in [3.05, 3.63) is 34.3 Å². The van der Waals surface area contributed by atoms with Gasteiger partial charge in [-0.3, -0.25) is 4.79 Å². The molecule has 0 aliphatic rings. The van der Waals surface area contributed by atoms with E-state index in [9.17, 15) is 13.2 Å². The van der Waals surface area contributed by atoms with Gasteiger partial charge in [0.25, 0.3) is 10.2 Å². The molecule has 0 saturated heterocycles. The normalized spacial score (nSPS) is 12.7. The Bertz CT molecular complexity index is 670. The van der Waals surface area contributed by atoms with E-state index in [1.54, 1.807) is 24.3 Å². The van der Waals surface area contributed by atoms with E-state index in [0.29, 0.717) is 5.56 Å². The Hall–Kier alpha value is -1.47. The average molecular weight is 404 g/mol. The van der Waals surface area contributed by atoms with Gasteiger partial charge in [0.2, 0.25) is 0 Å². The lowest BCUT2D eigenvalue weighted by molar-refractivity contribution is -0.141. The first-order valence-corrected chi connectivity index (χ1v) is 8.96. The number of benzene rings is 1. The molecular weight excluding hydrogens is 386 g/mol. The average Bonchev–Trinajstić information content (AvgIpc) is 2.52. The quantitative estimate of drug-likeness (QED) is 0.666. The minimum atomic E-state index is -3.83. The topological polar surface area (TPSA) is 99.5 Å². The first-order chi connectivity index (χ1) is 10.8. The first kappa shape index (κ1) is 19.6. The summed E-state index contributed by atoms with van der Waals surface area (Å²) >= 11 is 3.30. The van der Waals surface area contributed by atoms with E-state index in [2.05, 4.69) is 25.4 Å². The molecule has 0 fully saturated rings. The number of hydrogen-bond donors (Lipinski definition) is 1. The number of nitriles is 1. The second-order valence-electron chi connectivity index (χ2n) is 4.74. The number of carbonyl (C=O) groups is 1. The Morgan fingerprint density at radius 1 is 1.43 bits per heavy atom. The predicted molar refractivity (Wildman–Crippen MR) is 88.4 cm³/mol. The van der Waals surface area contributed by atoms with Gasteiger partial charge >= 0.3 is 5.97 Å². The highest BCUT2D eigenvalue weighted by molar-refractivity contribution is 9.10. The standard InChI is InChI=1S/C14H18BrN3O4S/c1-18(9-3-8-16)23(20,21)17-13(10-14(19)22-2)11-4-6-12(15)7-5-11/h4-7,13,17H,3,9-10H2,1-2H3. The van der Waals surface area contributed by atoms with Crippen LogP contribution in [0.25, 0.3) is 0 Å². The summed E-state index contributed by atoms with van der Waals surface area (Å²) < 4.78 is 33.6. The van der Waals surface area contributed by atoms with E-state index < -0.39 is 22.2 Å². The molecule has 1 N–H and O–H groups in total. The van der Waals surface area contributed by atoms with Crippen LogP contribution in [0.15, 0.2) is 28.7 Å². The molecule has 1 aromatic rings. The van der Waals surface area contributed by atoms with E-state index in [1.807, 2.05) is 6.07 Å².